The van der Waals surface area contributed by atoms with Crippen molar-refractivity contribution >= 4 is 46.1 Å². The van der Waals surface area contributed by atoms with E-state index >= 15 is 0 Å². The molecule has 2 fully saturated rings. The smallest absolute Gasteiger partial charge is 0.319 e. The molecule has 4 amide bonds. The summed E-state index contributed by atoms with van der Waals surface area (Å²) < 4.78 is 6.38. The number of piperidine rings is 1. The lowest BCUT2D eigenvalue weighted by Crippen LogP contribution is -2.52. The van der Waals surface area contributed by atoms with Crippen LogP contribution in [0.1, 0.15) is 19.8 Å². The lowest BCUT2D eigenvalue weighted by atomic mass is 9.94. The maximum atomic E-state index is 12.7. The number of hydrogen-bond acceptors (Lipinski definition) is 4. The number of amides is 4. The standard InChI is InChI=1S/C20H27IN4O4/c1-14(22-20(28)23-17-4-2-16(21)3-5-17)18(26)24-8-6-15(7-9-24)19(27)25-10-12-29-13-11-25/h2-5,14-15H,6-13H2,1H3,(H2,22,23,28)/t14-/m0/s1. The van der Waals surface area contributed by atoms with Crippen LogP contribution in [0.5, 0.6) is 0 Å². The molecular weight excluding hydrogens is 487 g/mol. The number of rotatable bonds is 4. The van der Waals surface area contributed by atoms with Crippen molar-refractivity contribution in [2.24, 2.45) is 5.92 Å². The molecule has 3 rings (SSSR count). The van der Waals surface area contributed by atoms with Crippen LogP contribution < -0.4 is 10.6 Å². The van der Waals surface area contributed by atoms with Gasteiger partial charge in [0.25, 0.3) is 0 Å². The summed E-state index contributed by atoms with van der Waals surface area (Å²) in [5.41, 5.74) is 0.671. The first-order chi connectivity index (χ1) is 13.9. The van der Waals surface area contributed by atoms with Crippen LogP contribution in [0.25, 0.3) is 0 Å². The molecular formula is C20H27IN4O4. The van der Waals surface area contributed by atoms with Crippen LogP contribution in [-0.2, 0) is 14.3 Å². The molecule has 9 heteroatoms. The van der Waals surface area contributed by atoms with Gasteiger partial charge in [0.1, 0.15) is 6.04 Å². The molecule has 2 N–H and O–H groups in total. The number of nitrogens with zero attached hydrogens (tertiary/aromatic N) is 2. The van der Waals surface area contributed by atoms with Gasteiger partial charge in [0, 0.05) is 41.4 Å². The lowest BCUT2D eigenvalue weighted by Gasteiger charge is -2.36. The van der Waals surface area contributed by atoms with Crippen molar-refractivity contribution in [3.05, 3.63) is 27.8 Å². The molecule has 0 saturated carbocycles. The molecule has 1 aromatic carbocycles. The Hall–Kier alpha value is -1.88. The number of likely N-dealkylation sites (tertiary alicyclic amines) is 1. The summed E-state index contributed by atoms with van der Waals surface area (Å²) in [5, 5.41) is 5.43. The summed E-state index contributed by atoms with van der Waals surface area (Å²) in [5.74, 6) is 0.00749. The molecule has 2 saturated heterocycles. The van der Waals surface area contributed by atoms with Gasteiger partial charge in [-0.2, -0.15) is 0 Å². The Bertz CT molecular complexity index is 729. The van der Waals surface area contributed by atoms with E-state index in [9.17, 15) is 14.4 Å². The van der Waals surface area contributed by atoms with Gasteiger partial charge < -0.3 is 25.2 Å². The van der Waals surface area contributed by atoms with Gasteiger partial charge in [0.2, 0.25) is 11.8 Å². The number of nitrogens with one attached hydrogen (secondary N) is 2. The largest absolute Gasteiger partial charge is 0.378 e. The SMILES string of the molecule is C[C@H](NC(=O)Nc1ccc(I)cc1)C(=O)N1CCC(C(=O)N2CCOCC2)CC1. The van der Waals surface area contributed by atoms with Crippen LogP contribution in [-0.4, -0.2) is 73.1 Å². The number of hydrogen-bond donors (Lipinski definition) is 2. The fourth-order valence-electron chi connectivity index (χ4n) is 3.62. The van der Waals surface area contributed by atoms with Crippen molar-refractivity contribution in [3.8, 4) is 0 Å². The first-order valence-electron chi connectivity index (χ1n) is 9.92. The molecule has 2 heterocycles. The molecule has 0 aromatic heterocycles. The monoisotopic (exact) mass is 514 g/mol. The van der Waals surface area contributed by atoms with E-state index < -0.39 is 12.1 Å². The summed E-state index contributed by atoms with van der Waals surface area (Å²) >= 11 is 2.19. The second-order valence-corrected chi connectivity index (χ2v) is 8.61. The minimum atomic E-state index is -0.634. The Morgan fingerprint density at radius 2 is 1.66 bits per heavy atom. The maximum absolute atomic E-state index is 12.7. The predicted octanol–water partition coefficient (Wildman–Crippen LogP) is 1.90. The molecule has 0 aliphatic carbocycles. The van der Waals surface area contributed by atoms with E-state index in [-0.39, 0.29) is 17.7 Å². The molecule has 1 aromatic rings. The number of halogens is 1. The predicted molar refractivity (Wildman–Crippen MR) is 117 cm³/mol. The number of carbonyl (C=O) groups excluding carboxylic acids is 3. The quantitative estimate of drug-likeness (QED) is 0.601. The number of ether oxygens (including phenoxy) is 1. The highest BCUT2D eigenvalue weighted by molar-refractivity contribution is 14.1. The first kappa shape index (κ1) is 21.8. The zero-order chi connectivity index (χ0) is 20.8. The van der Waals surface area contributed by atoms with Crippen LogP contribution in [0.4, 0.5) is 10.5 Å². The van der Waals surface area contributed by atoms with Gasteiger partial charge in [-0.15, -0.1) is 0 Å². The van der Waals surface area contributed by atoms with E-state index in [4.69, 9.17) is 4.74 Å². The fourth-order valence-corrected chi connectivity index (χ4v) is 3.98. The van der Waals surface area contributed by atoms with E-state index in [0.717, 1.165) is 3.57 Å². The van der Waals surface area contributed by atoms with E-state index in [2.05, 4.69) is 33.2 Å². The van der Waals surface area contributed by atoms with Crippen molar-refractivity contribution < 1.29 is 19.1 Å². The van der Waals surface area contributed by atoms with E-state index in [0.29, 0.717) is 57.9 Å². The Kier molecular flexibility index (Phi) is 7.70. The van der Waals surface area contributed by atoms with Crippen LogP contribution in [0, 0.1) is 9.49 Å². The van der Waals surface area contributed by atoms with Crippen LogP contribution >= 0.6 is 22.6 Å². The van der Waals surface area contributed by atoms with Gasteiger partial charge in [-0.05, 0) is 66.6 Å². The van der Waals surface area contributed by atoms with Gasteiger partial charge in [-0.1, -0.05) is 0 Å². The Morgan fingerprint density at radius 1 is 1.03 bits per heavy atom. The number of morpholine rings is 1. The minimum absolute atomic E-state index is 0.0374. The second-order valence-electron chi connectivity index (χ2n) is 7.36. The third kappa shape index (κ3) is 6.05. The lowest BCUT2D eigenvalue weighted by molar-refractivity contribution is -0.144. The third-order valence-corrected chi connectivity index (χ3v) is 6.02. The van der Waals surface area contributed by atoms with Gasteiger partial charge in [0.05, 0.1) is 13.2 Å². The molecule has 0 bridgehead atoms. The van der Waals surface area contributed by atoms with Crippen molar-refractivity contribution in [1.82, 2.24) is 15.1 Å². The number of benzene rings is 1. The highest BCUT2D eigenvalue weighted by Gasteiger charge is 2.32. The van der Waals surface area contributed by atoms with Gasteiger partial charge >= 0.3 is 6.03 Å². The Labute approximate surface area is 184 Å². The molecule has 2 aliphatic rings. The molecule has 158 valence electrons. The molecule has 1 atom stereocenters. The molecule has 0 spiro atoms. The van der Waals surface area contributed by atoms with E-state index in [1.807, 2.05) is 29.2 Å². The van der Waals surface area contributed by atoms with E-state index in [1.54, 1.807) is 11.8 Å². The highest BCUT2D eigenvalue weighted by Crippen LogP contribution is 2.21. The summed E-state index contributed by atoms with van der Waals surface area (Å²) in [4.78, 5) is 41.0. The first-order valence-corrected chi connectivity index (χ1v) is 11.0. The van der Waals surface area contributed by atoms with E-state index in [1.165, 1.54) is 0 Å². The fraction of sp³-hybridized carbons (Fsp3) is 0.550. The van der Waals surface area contributed by atoms with Crippen LogP contribution in [0.3, 0.4) is 0 Å². The third-order valence-electron chi connectivity index (χ3n) is 5.30. The van der Waals surface area contributed by atoms with Gasteiger partial charge in [-0.25, -0.2) is 4.79 Å². The highest BCUT2D eigenvalue weighted by atomic mass is 127. The minimum Gasteiger partial charge on any atom is -0.378 e. The zero-order valence-corrected chi connectivity index (χ0v) is 18.7. The van der Waals surface area contributed by atoms with Crippen molar-refractivity contribution in [3.63, 3.8) is 0 Å². The van der Waals surface area contributed by atoms with Crippen molar-refractivity contribution in [2.75, 3.05) is 44.7 Å². The van der Waals surface area contributed by atoms with Gasteiger partial charge in [-0.3, -0.25) is 9.59 Å². The maximum Gasteiger partial charge on any atom is 0.319 e. The molecule has 29 heavy (non-hydrogen) atoms. The average molecular weight is 514 g/mol. The summed E-state index contributed by atoms with van der Waals surface area (Å²) in [6, 6.07) is 6.36. The number of urea groups is 1. The van der Waals surface area contributed by atoms with Crippen molar-refractivity contribution in [2.45, 2.75) is 25.8 Å². The number of anilines is 1. The zero-order valence-electron chi connectivity index (χ0n) is 16.5. The van der Waals surface area contributed by atoms with Gasteiger partial charge in [0.15, 0.2) is 0 Å². The number of carbonyl (C=O) groups is 3. The normalized spacial score (nSPS) is 18.8. The molecule has 0 unspecified atom stereocenters. The van der Waals surface area contributed by atoms with Crippen LogP contribution in [0.15, 0.2) is 24.3 Å². The second kappa shape index (κ2) is 10.2. The molecule has 8 nitrogen and oxygen atoms in total. The summed E-state index contributed by atoms with van der Waals surface area (Å²) in [7, 11) is 0. The molecule has 2 aliphatic heterocycles. The summed E-state index contributed by atoms with van der Waals surface area (Å²) in [6.07, 6.45) is 1.31. The Morgan fingerprint density at radius 3 is 2.28 bits per heavy atom. The topological polar surface area (TPSA) is 91.0 Å². The summed E-state index contributed by atoms with van der Waals surface area (Å²) in [6.45, 7) is 5.23. The molecule has 0 radical (unpaired) electrons. The van der Waals surface area contributed by atoms with Crippen LogP contribution in [0.2, 0.25) is 0 Å². The average Bonchev–Trinajstić information content (AvgIpc) is 2.75. The van der Waals surface area contributed by atoms with Crippen molar-refractivity contribution in [1.29, 1.82) is 0 Å². The Balaban J connectivity index is 1.43.